The molecule has 1 atom stereocenters. The Labute approximate surface area is 243 Å². The van der Waals surface area contributed by atoms with E-state index in [1.165, 1.54) is 12.8 Å². The number of fused-ring (bicyclic) bond motifs is 1. The fourth-order valence-corrected chi connectivity index (χ4v) is 7.74. The van der Waals surface area contributed by atoms with E-state index >= 15 is 0 Å². The highest BCUT2D eigenvalue weighted by molar-refractivity contribution is 7.89. The maximum absolute atomic E-state index is 13.0. The van der Waals surface area contributed by atoms with Crippen LogP contribution in [0.15, 0.2) is 42.6 Å². The number of nitrogens with two attached hydrogens (primary N) is 1. The number of hydrogen-bond donors (Lipinski definition) is 4. The maximum Gasteiger partial charge on any atom is 0.250 e. The van der Waals surface area contributed by atoms with E-state index in [9.17, 15) is 18.3 Å². The van der Waals surface area contributed by atoms with E-state index in [4.69, 9.17) is 5.73 Å². The van der Waals surface area contributed by atoms with Crippen LogP contribution in [0.5, 0.6) is 0 Å². The van der Waals surface area contributed by atoms with E-state index in [2.05, 4.69) is 27.3 Å². The molecule has 0 radical (unpaired) electrons. The van der Waals surface area contributed by atoms with Gasteiger partial charge in [-0.3, -0.25) is 4.79 Å². The van der Waals surface area contributed by atoms with Gasteiger partial charge in [0.05, 0.1) is 23.4 Å². The minimum absolute atomic E-state index is 0.00443. The van der Waals surface area contributed by atoms with Crippen molar-refractivity contribution >= 4 is 26.8 Å². The summed E-state index contributed by atoms with van der Waals surface area (Å²) in [4.78, 5) is 18.1. The Morgan fingerprint density at radius 3 is 2.59 bits per heavy atom. The summed E-state index contributed by atoms with van der Waals surface area (Å²) in [7, 11) is -3.27. The highest BCUT2D eigenvalue weighted by Crippen LogP contribution is 2.37. The van der Waals surface area contributed by atoms with Gasteiger partial charge in [0.2, 0.25) is 10.0 Å². The van der Waals surface area contributed by atoms with Gasteiger partial charge in [-0.25, -0.2) is 12.7 Å². The Hall–Kier alpha value is -2.76. The number of likely N-dealkylation sites (tertiary alicyclic amines) is 1. The third kappa shape index (κ3) is 7.01. The van der Waals surface area contributed by atoms with Crippen LogP contribution >= 0.6 is 0 Å². The predicted octanol–water partition coefficient (Wildman–Crippen LogP) is 3.40. The number of sulfonamides is 1. The van der Waals surface area contributed by atoms with E-state index in [0.717, 1.165) is 65.6 Å². The summed E-state index contributed by atoms with van der Waals surface area (Å²) < 4.78 is 27.8. The molecule has 10 heteroatoms. The molecule has 41 heavy (non-hydrogen) atoms. The van der Waals surface area contributed by atoms with Crippen molar-refractivity contribution in [1.82, 2.24) is 19.5 Å². The summed E-state index contributed by atoms with van der Waals surface area (Å²) >= 11 is 0. The smallest absolute Gasteiger partial charge is 0.250 e. The molecule has 0 saturated carbocycles. The first-order valence-electron chi connectivity index (χ1n) is 14.8. The Morgan fingerprint density at radius 2 is 1.88 bits per heavy atom. The molecule has 2 saturated heterocycles. The lowest BCUT2D eigenvalue weighted by Crippen LogP contribution is -2.39. The first-order valence-corrected chi connectivity index (χ1v) is 16.4. The molecule has 2 aromatic carbocycles. The maximum atomic E-state index is 13.0. The summed E-state index contributed by atoms with van der Waals surface area (Å²) in [6.45, 7) is 6.66. The van der Waals surface area contributed by atoms with Crippen LogP contribution in [-0.4, -0.2) is 84.7 Å². The lowest BCUT2D eigenvalue weighted by molar-refractivity contribution is 0.100. The van der Waals surface area contributed by atoms with Crippen LogP contribution in [0.1, 0.15) is 66.4 Å². The molecule has 0 bridgehead atoms. The molecule has 222 valence electrons. The molecule has 0 spiro atoms. The molecule has 5 rings (SSSR count). The second kappa shape index (κ2) is 13.0. The molecule has 0 aliphatic carbocycles. The lowest BCUT2D eigenvalue weighted by atomic mass is 9.88. The van der Waals surface area contributed by atoms with Crippen molar-refractivity contribution < 1.29 is 18.3 Å². The quantitative estimate of drug-likeness (QED) is 0.259. The minimum Gasteiger partial charge on any atom is -0.395 e. The number of amides is 1. The van der Waals surface area contributed by atoms with Gasteiger partial charge in [0.1, 0.15) is 0 Å². The van der Waals surface area contributed by atoms with E-state index in [1.54, 1.807) is 4.31 Å². The van der Waals surface area contributed by atoms with Gasteiger partial charge in [-0.2, -0.15) is 0 Å². The zero-order valence-corrected chi connectivity index (χ0v) is 24.8. The van der Waals surface area contributed by atoms with Crippen molar-refractivity contribution in [3.8, 4) is 11.1 Å². The average Bonchev–Trinajstić information content (AvgIpc) is 3.65. The van der Waals surface area contributed by atoms with Gasteiger partial charge in [0, 0.05) is 37.3 Å². The van der Waals surface area contributed by atoms with E-state index in [0.29, 0.717) is 31.6 Å². The van der Waals surface area contributed by atoms with Crippen LogP contribution in [0.25, 0.3) is 22.0 Å². The fourth-order valence-electron chi connectivity index (χ4n) is 6.22. The van der Waals surface area contributed by atoms with Crippen LogP contribution < -0.4 is 11.1 Å². The normalized spacial score (nSPS) is 18.3. The van der Waals surface area contributed by atoms with Crippen LogP contribution in [0.2, 0.25) is 0 Å². The topological polar surface area (TPSA) is 132 Å². The molecule has 3 heterocycles. The third-order valence-corrected chi connectivity index (χ3v) is 10.6. The molecule has 1 amide bonds. The SMILES string of the molecule is C[C@@H](CO)NCc1cccc(-c2cc(C(N)=O)c3[nH]cc(C4CCN(S(=O)(=O)CCCN5CCCC5)CC4)c3c2)c1. The number of aliphatic hydroxyl groups is 1. The molecule has 0 unspecified atom stereocenters. The fraction of sp³-hybridized carbons (Fsp3) is 0.516. The van der Waals surface area contributed by atoms with Gasteiger partial charge >= 0.3 is 0 Å². The summed E-state index contributed by atoms with van der Waals surface area (Å²) in [5.41, 5.74) is 11.0. The van der Waals surface area contributed by atoms with Crippen molar-refractivity contribution in [3.05, 3.63) is 59.3 Å². The van der Waals surface area contributed by atoms with Crippen LogP contribution in [0.3, 0.4) is 0 Å². The number of rotatable bonds is 12. The summed E-state index contributed by atoms with van der Waals surface area (Å²) in [6.07, 6.45) is 6.54. The van der Waals surface area contributed by atoms with Crippen molar-refractivity contribution in [2.24, 2.45) is 5.73 Å². The number of nitrogens with zero attached hydrogens (tertiary/aromatic N) is 2. The van der Waals surface area contributed by atoms with Crippen molar-refractivity contribution in [1.29, 1.82) is 0 Å². The molecule has 2 aliphatic rings. The molecular weight excluding hydrogens is 538 g/mol. The largest absolute Gasteiger partial charge is 0.395 e. The Balaban J connectivity index is 1.32. The number of primary amides is 1. The molecule has 2 fully saturated rings. The standard InChI is InChI=1S/C31H43N5O4S/c1-22(21-37)33-19-23-6-4-7-25(16-23)26-17-27-29(20-34-30(27)28(18-26)31(32)38)24-8-13-36(14-9-24)41(39,40)15-5-12-35-10-2-3-11-35/h4,6-7,16-18,20,22,24,33-34,37H,2-3,5,8-15,19,21H2,1H3,(H2,32,38)/t22-/m0/s1. The first-order chi connectivity index (χ1) is 19.7. The molecule has 3 aromatic rings. The highest BCUT2D eigenvalue weighted by atomic mass is 32.2. The number of H-pyrrole nitrogens is 1. The van der Waals surface area contributed by atoms with E-state index < -0.39 is 15.9 Å². The first kappa shape index (κ1) is 29.7. The second-order valence-electron chi connectivity index (χ2n) is 11.6. The second-order valence-corrected chi connectivity index (χ2v) is 13.7. The molecule has 9 nitrogen and oxygen atoms in total. The van der Waals surface area contributed by atoms with Gasteiger partial charge < -0.3 is 26.0 Å². The summed E-state index contributed by atoms with van der Waals surface area (Å²) in [6, 6.07) is 12.1. The molecule has 1 aromatic heterocycles. The van der Waals surface area contributed by atoms with Gasteiger partial charge in [0.15, 0.2) is 0 Å². The Kier molecular flexibility index (Phi) is 9.45. The number of carbonyl (C=O) groups excluding carboxylic acids is 1. The van der Waals surface area contributed by atoms with Crippen LogP contribution in [0.4, 0.5) is 0 Å². The summed E-state index contributed by atoms with van der Waals surface area (Å²) in [5.74, 6) is -0.0962. The van der Waals surface area contributed by atoms with Crippen molar-refractivity contribution in [2.75, 3.05) is 45.1 Å². The van der Waals surface area contributed by atoms with Gasteiger partial charge in [-0.05, 0) is 105 Å². The number of benzene rings is 2. The monoisotopic (exact) mass is 581 g/mol. The average molecular weight is 582 g/mol. The Bertz CT molecular complexity index is 1460. The number of hydrogen-bond acceptors (Lipinski definition) is 6. The van der Waals surface area contributed by atoms with E-state index in [-0.39, 0.29) is 24.3 Å². The number of aliphatic hydroxyl groups excluding tert-OH is 1. The molecular formula is C31H43N5O4S. The number of nitrogens with one attached hydrogen (secondary N) is 2. The number of aromatic nitrogens is 1. The molecule has 5 N–H and O–H groups in total. The predicted molar refractivity (Wildman–Crippen MR) is 163 cm³/mol. The van der Waals surface area contributed by atoms with Crippen LogP contribution in [-0.2, 0) is 16.6 Å². The number of carbonyl (C=O) groups is 1. The van der Waals surface area contributed by atoms with E-state index in [1.807, 2.05) is 37.4 Å². The minimum atomic E-state index is -3.27. The number of piperidine rings is 1. The molecule has 2 aliphatic heterocycles. The summed E-state index contributed by atoms with van der Waals surface area (Å²) in [5, 5.41) is 13.6. The third-order valence-electron chi connectivity index (χ3n) is 8.64. The van der Waals surface area contributed by atoms with Crippen molar-refractivity contribution in [2.45, 2.75) is 57.5 Å². The highest BCUT2D eigenvalue weighted by Gasteiger charge is 2.30. The van der Waals surface area contributed by atoms with Gasteiger partial charge in [0.25, 0.3) is 5.91 Å². The zero-order chi connectivity index (χ0) is 29.0. The van der Waals surface area contributed by atoms with Crippen LogP contribution in [0, 0.1) is 0 Å². The Morgan fingerprint density at radius 1 is 1.12 bits per heavy atom. The van der Waals surface area contributed by atoms with Gasteiger partial charge in [-0.15, -0.1) is 0 Å². The zero-order valence-electron chi connectivity index (χ0n) is 23.9. The number of aromatic amines is 1. The van der Waals surface area contributed by atoms with Gasteiger partial charge in [-0.1, -0.05) is 18.2 Å². The van der Waals surface area contributed by atoms with Crippen molar-refractivity contribution in [3.63, 3.8) is 0 Å². The lowest BCUT2D eigenvalue weighted by Gasteiger charge is -2.31.